The van der Waals surface area contributed by atoms with Gasteiger partial charge in [-0.3, -0.25) is 14.3 Å². The second-order valence-electron chi connectivity index (χ2n) is 5.89. The Bertz CT molecular complexity index is 1090. The van der Waals surface area contributed by atoms with Crippen LogP contribution in [0, 0.1) is 0 Å². The number of carbonyl (C=O) groups excluding carboxylic acids is 1. The molecule has 1 aromatic heterocycles. The fourth-order valence-electron chi connectivity index (χ4n) is 2.96. The van der Waals surface area contributed by atoms with Crippen molar-refractivity contribution in [1.82, 2.24) is 0 Å². The van der Waals surface area contributed by atoms with Crippen molar-refractivity contribution in [2.24, 2.45) is 0 Å². The summed E-state index contributed by atoms with van der Waals surface area (Å²) in [6, 6.07) is 11.7. The largest absolute Gasteiger partial charge is 0.495 e. The number of amides is 1. The fourth-order valence-corrected chi connectivity index (χ4v) is 5.19. The Morgan fingerprint density at radius 1 is 1.32 bits per heavy atom. The highest BCUT2D eigenvalue weighted by Crippen LogP contribution is 2.55. The van der Waals surface area contributed by atoms with Crippen LogP contribution in [0.15, 0.2) is 60.6 Å². The highest BCUT2D eigenvalue weighted by atomic mass is 35.5. The molecule has 0 fully saturated rings. The highest BCUT2D eigenvalue weighted by molar-refractivity contribution is 7.53. The first-order valence-electron chi connectivity index (χ1n) is 8.08. The molecule has 0 aliphatic carbocycles. The van der Waals surface area contributed by atoms with Crippen LogP contribution < -0.4 is 9.64 Å². The van der Waals surface area contributed by atoms with Crippen molar-refractivity contribution in [3.05, 3.63) is 71.2 Å². The predicted molar refractivity (Wildman–Crippen MR) is 112 cm³/mol. The van der Waals surface area contributed by atoms with E-state index < -0.39 is 19.2 Å². The Labute approximate surface area is 170 Å². The molecule has 1 amide bonds. The van der Waals surface area contributed by atoms with E-state index in [4.69, 9.17) is 16.3 Å². The van der Waals surface area contributed by atoms with Crippen molar-refractivity contribution < 1.29 is 23.9 Å². The summed E-state index contributed by atoms with van der Waals surface area (Å²) in [5.41, 5.74) is -1.15. The molecule has 1 heterocycles. The zero-order valence-electron chi connectivity index (χ0n) is 14.8. The maximum Gasteiger partial charge on any atom is 0.342 e. The molecule has 0 saturated heterocycles. The molecule has 3 aromatic rings. The van der Waals surface area contributed by atoms with E-state index in [1.54, 1.807) is 47.8 Å². The third kappa shape index (κ3) is 3.85. The lowest BCUT2D eigenvalue weighted by atomic mass is 10.1. The number of hydrogen-bond donors (Lipinski definition) is 2. The molecule has 0 aliphatic heterocycles. The van der Waals surface area contributed by atoms with Crippen LogP contribution >= 0.6 is 30.5 Å². The van der Waals surface area contributed by atoms with Gasteiger partial charge in [0, 0.05) is 15.9 Å². The molecule has 0 radical (unpaired) electrons. The molecule has 28 heavy (non-hydrogen) atoms. The number of halogens is 1. The van der Waals surface area contributed by atoms with Gasteiger partial charge in [-0.25, -0.2) is 0 Å². The van der Waals surface area contributed by atoms with Crippen LogP contribution in [0.2, 0.25) is 5.02 Å². The third-order valence-electron chi connectivity index (χ3n) is 4.20. The number of para-hydroxylation sites is 2. The van der Waals surface area contributed by atoms with Gasteiger partial charge in [0.2, 0.25) is 0 Å². The average molecular weight is 438 g/mol. The molecule has 1 unspecified atom stereocenters. The Balaban J connectivity index is 2.16. The first-order chi connectivity index (χ1) is 13.3. The Hall–Kier alpha value is -2.15. The first kappa shape index (κ1) is 20.6. The van der Waals surface area contributed by atoms with E-state index in [-0.39, 0.29) is 5.56 Å². The van der Waals surface area contributed by atoms with Gasteiger partial charge in [0.1, 0.15) is 5.75 Å². The van der Waals surface area contributed by atoms with Crippen LogP contribution in [0.5, 0.6) is 5.75 Å². The van der Waals surface area contributed by atoms with E-state index in [0.717, 1.165) is 9.60 Å². The van der Waals surface area contributed by atoms with Crippen molar-refractivity contribution in [3.8, 4) is 5.75 Å². The van der Waals surface area contributed by atoms with Gasteiger partial charge in [0.15, 0.2) is 5.66 Å². The molecule has 2 aromatic carbocycles. The Kier molecular flexibility index (Phi) is 5.93. The van der Waals surface area contributed by atoms with Crippen molar-refractivity contribution in [2.75, 3.05) is 12.0 Å². The van der Waals surface area contributed by atoms with Crippen LogP contribution in [0.4, 0.5) is 5.69 Å². The van der Waals surface area contributed by atoms with Crippen molar-refractivity contribution in [2.45, 2.75) is 5.66 Å². The molecule has 2 N–H and O–H groups in total. The smallest absolute Gasteiger partial charge is 0.342 e. The molecule has 0 saturated carbocycles. The lowest BCUT2D eigenvalue weighted by Crippen LogP contribution is -2.31. The van der Waals surface area contributed by atoms with Crippen LogP contribution in [0.3, 0.4) is 0 Å². The SMILES string of the molecule is C=CN(C(=O)C(c1csc2ccc(Cl)cc12)P(=O)(O)O)c1ccccc1OC. The molecule has 6 nitrogen and oxygen atoms in total. The van der Waals surface area contributed by atoms with E-state index in [1.807, 2.05) is 0 Å². The first-order valence-corrected chi connectivity index (χ1v) is 11.0. The summed E-state index contributed by atoms with van der Waals surface area (Å²) < 4.78 is 18.4. The summed E-state index contributed by atoms with van der Waals surface area (Å²) >= 11 is 7.34. The lowest BCUT2D eigenvalue weighted by molar-refractivity contribution is -0.118. The van der Waals surface area contributed by atoms with Gasteiger partial charge >= 0.3 is 7.60 Å². The van der Waals surface area contributed by atoms with Gasteiger partial charge in [-0.15, -0.1) is 11.3 Å². The number of ether oxygens (including phenoxy) is 1. The fraction of sp³-hybridized carbons (Fsp3) is 0.105. The minimum Gasteiger partial charge on any atom is -0.495 e. The number of nitrogens with zero attached hydrogens (tertiary/aromatic N) is 1. The number of hydrogen-bond acceptors (Lipinski definition) is 4. The zero-order chi connectivity index (χ0) is 20.5. The number of fused-ring (bicyclic) bond motifs is 1. The van der Waals surface area contributed by atoms with Gasteiger partial charge in [0.05, 0.1) is 12.8 Å². The average Bonchev–Trinajstić information content (AvgIpc) is 3.04. The molecular weight excluding hydrogens is 421 g/mol. The minimum atomic E-state index is -4.87. The summed E-state index contributed by atoms with van der Waals surface area (Å²) in [6.07, 6.45) is 1.21. The molecule has 0 aliphatic rings. The van der Waals surface area contributed by atoms with Crippen LogP contribution in [0.25, 0.3) is 10.1 Å². The van der Waals surface area contributed by atoms with Gasteiger partial charge < -0.3 is 14.5 Å². The number of anilines is 1. The summed E-state index contributed by atoms with van der Waals surface area (Å²) in [6.45, 7) is 3.63. The van der Waals surface area contributed by atoms with Crippen LogP contribution in [-0.2, 0) is 9.36 Å². The predicted octanol–water partition coefficient (Wildman–Crippen LogP) is 4.96. The monoisotopic (exact) mass is 437 g/mol. The van der Waals surface area contributed by atoms with E-state index >= 15 is 0 Å². The summed E-state index contributed by atoms with van der Waals surface area (Å²) in [4.78, 5) is 34.5. The van der Waals surface area contributed by atoms with E-state index in [1.165, 1.54) is 24.6 Å². The molecule has 9 heteroatoms. The number of rotatable bonds is 6. The Morgan fingerprint density at radius 3 is 2.68 bits per heavy atom. The second kappa shape index (κ2) is 8.07. The summed E-state index contributed by atoms with van der Waals surface area (Å²) in [5, 5.41) is 2.52. The number of carbonyl (C=O) groups is 1. The Morgan fingerprint density at radius 2 is 2.04 bits per heavy atom. The van der Waals surface area contributed by atoms with Gasteiger partial charge in [-0.1, -0.05) is 30.3 Å². The van der Waals surface area contributed by atoms with Crippen molar-refractivity contribution in [1.29, 1.82) is 0 Å². The van der Waals surface area contributed by atoms with Gasteiger partial charge in [-0.05, 0) is 46.7 Å². The number of thiophene rings is 1. The van der Waals surface area contributed by atoms with E-state index in [0.29, 0.717) is 21.8 Å². The molecule has 146 valence electrons. The zero-order valence-corrected chi connectivity index (χ0v) is 17.2. The quantitative estimate of drug-likeness (QED) is 0.532. The number of methoxy groups -OCH3 is 1. The minimum absolute atomic E-state index is 0.225. The maximum absolute atomic E-state index is 13.3. The van der Waals surface area contributed by atoms with Crippen molar-refractivity contribution in [3.63, 3.8) is 0 Å². The number of benzene rings is 2. The molecular formula is C19H17ClNO5PS. The molecule has 0 bridgehead atoms. The van der Waals surface area contributed by atoms with Crippen molar-refractivity contribution >= 4 is 52.2 Å². The summed E-state index contributed by atoms with van der Waals surface area (Å²) in [7, 11) is -3.42. The topological polar surface area (TPSA) is 87.1 Å². The highest BCUT2D eigenvalue weighted by Gasteiger charge is 2.41. The molecule has 3 rings (SSSR count). The van der Waals surface area contributed by atoms with Gasteiger partial charge in [0.25, 0.3) is 5.91 Å². The summed E-state index contributed by atoms with van der Waals surface area (Å²) in [5.74, 6) is -0.439. The van der Waals surface area contributed by atoms with E-state index in [2.05, 4.69) is 6.58 Å². The molecule has 0 spiro atoms. The normalized spacial score (nSPS) is 12.6. The molecule has 1 atom stereocenters. The third-order valence-corrected chi connectivity index (χ3v) is 6.58. The lowest BCUT2D eigenvalue weighted by Gasteiger charge is -2.26. The van der Waals surface area contributed by atoms with Crippen LogP contribution in [-0.4, -0.2) is 22.8 Å². The van der Waals surface area contributed by atoms with E-state index in [9.17, 15) is 19.1 Å². The standard InChI is InChI=1S/C19H17ClNO5PS/c1-3-21(15-6-4-5-7-16(15)26-2)19(22)18(27(23,24)25)14-11-28-17-9-8-12(20)10-13(14)17/h3-11,18H,1H2,2H3,(H2,23,24,25). The maximum atomic E-state index is 13.3. The van der Waals surface area contributed by atoms with Crippen LogP contribution in [0.1, 0.15) is 11.2 Å². The van der Waals surface area contributed by atoms with Gasteiger partial charge in [-0.2, -0.15) is 0 Å². The second-order valence-corrected chi connectivity index (χ2v) is 8.93.